The maximum absolute atomic E-state index is 13.2. The van der Waals surface area contributed by atoms with E-state index in [2.05, 4.69) is 0 Å². The van der Waals surface area contributed by atoms with Gasteiger partial charge in [-0.2, -0.15) is 0 Å². The van der Waals surface area contributed by atoms with Crippen molar-refractivity contribution < 1.29 is 28.9 Å². The first-order valence-electron chi connectivity index (χ1n) is 7.88. The summed E-state index contributed by atoms with van der Waals surface area (Å²) in [5.74, 6) is -1.36. The van der Waals surface area contributed by atoms with E-state index in [0.717, 1.165) is 0 Å². The highest BCUT2D eigenvalue weighted by atomic mass is 16.5. The van der Waals surface area contributed by atoms with Crippen molar-refractivity contribution in [3.63, 3.8) is 0 Å². The van der Waals surface area contributed by atoms with Crippen LogP contribution in [0.5, 0.6) is 0 Å². The predicted octanol–water partition coefficient (Wildman–Crippen LogP) is 1.29. The molecule has 0 bridgehead atoms. The Morgan fingerprint density at radius 2 is 2.17 bits per heavy atom. The van der Waals surface area contributed by atoms with Gasteiger partial charge in [0.2, 0.25) is 0 Å². The van der Waals surface area contributed by atoms with Crippen molar-refractivity contribution in [2.24, 2.45) is 0 Å². The highest BCUT2D eigenvalue weighted by Gasteiger charge is 2.47. The number of carbonyl (C=O) groups excluding carboxylic acids is 1. The van der Waals surface area contributed by atoms with Crippen LogP contribution in [0, 0.1) is 0 Å². The van der Waals surface area contributed by atoms with Crippen molar-refractivity contribution in [2.75, 3.05) is 20.8 Å². The largest absolute Gasteiger partial charge is 0.478 e. The maximum Gasteiger partial charge on any atom is 0.337 e. The van der Waals surface area contributed by atoms with Crippen molar-refractivity contribution in [1.82, 2.24) is 9.47 Å². The number of rotatable bonds is 4. The second-order valence-electron chi connectivity index (χ2n) is 6.18. The van der Waals surface area contributed by atoms with Crippen LogP contribution in [0.1, 0.15) is 46.3 Å². The Morgan fingerprint density at radius 3 is 2.79 bits per heavy atom. The summed E-state index contributed by atoms with van der Waals surface area (Å²) in [6.07, 6.45) is 0.910. The van der Waals surface area contributed by atoms with Crippen molar-refractivity contribution >= 4 is 11.9 Å². The summed E-state index contributed by atoms with van der Waals surface area (Å²) in [7, 11) is 3.11. The number of carboxylic acids is 1. The van der Waals surface area contributed by atoms with Gasteiger partial charge in [-0.3, -0.25) is 9.69 Å². The third kappa shape index (κ3) is 2.51. The number of likely N-dealkylation sites (tertiary alicyclic amines) is 1. The molecule has 2 atom stereocenters. The molecule has 0 aliphatic carbocycles. The molecule has 1 N–H and O–H groups in total. The third-order valence-corrected chi connectivity index (χ3v) is 4.94. The molecule has 2 aliphatic rings. The number of nitrogens with zero attached hydrogens (tertiary/aromatic N) is 2. The van der Waals surface area contributed by atoms with Gasteiger partial charge in [-0.1, -0.05) is 0 Å². The van der Waals surface area contributed by atoms with Gasteiger partial charge in [0.25, 0.3) is 5.91 Å². The standard InChI is InChI=1S/C16H22N2O6/c1-16(23-3)5-4-13(22-2)18(16)14(19)11-8-10(15(20)21)12-9-24-7-6-17(11)12/h8,13H,4-7,9H2,1-3H3,(H,20,21)/t13-,16-/m1/s1. The number of hydrogen-bond donors (Lipinski definition) is 1. The van der Waals surface area contributed by atoms with Gasteiger partial charge in [0, 0.05) is 20.8 Å². The molecule has 0 saturated carbocycles. The molecule has 0 aromatic carbocycles. The quantitative estimate of drug-likeness (QED) is 0.890. The topological polar surface area (TPSA) is 90.2 Å². The summed E-state index contributed by atoms with van der Waals surface area (Å²) in [6.45, 7) is 2.91. The van der Waals surface area contributed by atoms with E-state index in [-0.39, 0.29) is 18.1 Å². The van der Waals surface area contributed by atoms with Gasteiger partial charge in [0.15, 0.2) is 0 Å². The van der Waals surface area contributed by atoms with Crippen LogP contribution in [0.4, 0.5) is 0 Å². The average molecular weight is 338 g/mol. The molecule has 0 spiro atoms. The molecule has 3 heterocycles. The normalized spacial score (nSPS) is 26.5. The van der Waals surface area contributed by atoms with Crippen LogP contribution in [-0.4, -0.2) is 59.2 Å². The number of amides is 1. The number of aromatic carboxylic acids is 1. The van der Waals surface area contributed by atoms with Crippen molar-refractivity contribution in [1.29, 1.82) is 0 Å². The molecule has 1 fully saturated rings. The zero-order valence-electron chi connectivity index (χ0n) is 14.1. The second-order valence-corrected chi connectivity index (χ2v) is 6.18. The van der Waals surface area contributed by atoms with Gasteiger partial charge in [-0.25, -0.2) is 4.79 Å². The lowest BCUT2D eigenvalue weighted by molar-refractivity contribution is -0.126. The maximum atomic E-state index is 13.2. The molecular weight excluding hydrogens is 316 g/mol. The van der Waals surface area contributed by atoms with E-state index in [9.17, 15) is 14.7 Å². The fourth-order valence-electron chi connectivity index (χ4n) is 3.52. The fourth-order valence-corrected chi connectivity index (χ4v) is 3.52. The summed E-state index contributed by atoms with van der Waals surface area (Å²) in [4.78, 5) is 26.3. The van der Waals surface area contributed by atoms with Gasteiger partial charge in [0.1, 0.15) is 17.6 Å². The Labute approximate surface area is 139 Å². The molecule has 132 valence electrons. The lowest BCUT2D eigenvalue weighted by Gasteiger charge is -2.36. The van der Waals surface area contributed by atoms with Crippen LogP contribution in [0.25, 0.3) is 0 Å². The Balaban J connectivity index is 2.05. The fraction of sp³-hybridized carbons (Fsp3) is 0.625. The molecule has 1 aromatic rings. The Hall–Kier alpha value is -1.90. The number of aromatic nitrogens is 1. The first-order chi connectivity index (χ1) is 11.4. The monoisotopic (exact) mass is 338 g/mol. The van der Waals surface area contributed by atoms with Crippen LogP contribution in [-0.2, 0) is 27.4 Å². The summed E-state index contributed by atoms with van der Waals surface area (Å²) in [6, 6.07) is 1.43. The van der Waals surface area contributed by atoms with Crippen LogP contribution in [0.15, 0.2) is 6.07 Å². The summed E-state index contributed by atoms with van der Waals surface area (Å²) in [5.41, 5.74) is 0.171. The average Bonchev–Trinajstić information content (AvgIpc) is 3.13. The van der Waals surface area contributed by atoms with Crippen LogP contribution in [0.3, 0.4) is 0 Å². The molecule has 3 rings (SSSR count). The van der Waals surface area contributed by atoms with Gasteiger partial charge in [-0.05, 0) is 25.8 Å². The van der Waals surface area contributed by atoms with Crippen LogP contribution in [0.2, 0.25) is 0 Å². The Bertz CT molecular complexity index is 670. The van der Waals surface area contributed by atoms with Gasteiger partial charge in [-0.15, -0.1) is 0 Å². The van der Waals surface area contributed by atoms with E-state index >= 15 is 0 Å². The minimum absolute atomic E-state index is 0.102. The van der Waals surface area contributed by atoms with Crippen molar-refractivity contribution in [3.05, 3.63) is 23.0 Å². The zero-order valence-corrected chi connectivity index (χ0v) is 14.1. The number of fused-ring (bicyclic) bond motifs is 1. The van der Waals surface area contributed by atoms with Gasteiger partial charge >= 0.3 is 5.97 Å². The molecule has 8 nitrogen and oxygen atoms in total. The third-order valence-electron chi connectivity index (χ3n) is 4.94. The first-order valence-corrected chi connectivity index (χ1v) is 7.88. The lowest BCUT2D eigenvalue weighted by Crippen LogP contribution is -2.51. The van der Waals surface area contributed by atoms with Gasteiger partial charge < -0.3 is 23.9 Å². The van der Waals surface area contributed by atoms with E-state index in [0.29, 0.717) is 37.4 Å². The summed E-state index contributed by atoms with van der Waals surface area (Å²) in [5, 5.41) is 9.41. The molecule has 8 heteroatoms. The minimum Gasteiger partial charge on any atom is -0.478 e. The Morgan fingerprint density at radius 1 is 1.42 bits per heavy atom. The van der Waals surface area contributed by atoms with E-state index < -0.39 is 17.9 Å². The van der Waals surface area contributed by atoms with Crippen molar-refractivity contribution in [3.8, 4) is 0 Å². The van der Waals surface area contributed by atoms with Crippen molar-refractivity contribution in [2.45, 2.75) is 44.9 Å². The number of hydrogen-bond acceptors (Lipinski definition) is 5. The van der Waals surface area contributed by atoms with E-state index in [1.165, 1.54) is 6.07 Å². The molecule has 2 aliphatic heterocycles. The number of carboxylic acid groups (broad SMARTS) is 1. The molecule has 24 heavy (non-hydrogen) atoms. The van der Waals surface area contributed by atoms with E-state index in [1.54, 1.807) is 23.7 Å². The van der Waals surface area contributed by atoms with E-state index in [4.69, 9.17) is 14.2 Å². The van der Waals surface area contributed by atoms with Crippen LogP contribution >= 0.6 is 0 Å². The first kappa shape index (κ1) is 16.9. The molecule has 1 saturated heterocycles. The Kier molecular flexibility index (Phi) is 4.37. The SMILES string of the molecule is CO[C@@H]1CC[C@@](C)(OC)N1C(=O)c1cc(C(=O)O)c2n1CCOC2. The molecule has 1 aromatic heterocycles. The molecule has 0 unspecified atom stereocenters. The summed E-state index contributed by atoms with van der Waals surface area (Å²) >= 11 is 0. The van der Waals surface area contributed by atoms with E-state index in [1.807, 2.05) is 6.92 Å². The molecule has 0 radical (unpaired) electrons. The highest BCUT2D eigenvalue weighted by molar-refractivity contribution is 5.98. The minimum atomic E-state index is -1.07. The highest BCUT2D eigenvalue weighted by Crippen LogP contribution is 2.36. The smallest absolute Gasteiger partial charge is 0.337 e. The number of carbonyl (C=O) groups is 2. The number of ether oxygens (including phenoxy) is 3. The number of methoxy groups -OCH3 is 2. The zero-order chi connectivity index (χ0) is 17.5. The predicted molar refractivity (Wildman–Crippen MR) is 82.7 cm³/mol. The second kappa shape index (κ2) is 6.19. The molecule has 1 amide bonds. The van der Waals surface area contributed by atoms with Gasteiger partial charge in [0.05, 0.1) is 24.5 Å². The lowest BCUT2D eigenvalue weighted by atomic mass is 10.2. The summed E-state index contributed by atoms with van der Waals surface area (Å²) < 4.78 is 18.1. The van der Waals surface area contributed by atoms with Crippen LogP contribution < -0.4 is 0 Å². The molecular formula is C16H22N2O6.